The van der Waals surface area contributed by atoms with Crippen molar-refractivity contribution in [1.82, 2.24) is 4.90 Å². The monoisotopic (exact) mass is 277 g/mol. The van der Waals surface area contributed by atoms with Crippen LogP contribution < -0.4 is 0 Å². The van der Waals surface area contributed by atoms with E-state index in [1.54, 1.807) is 23.1 Å². The number of carbonyl (C=O) groups is 2. The third-order valence-electron chi connectivity index (χ3n) is 3.81. The van der Waals surface area contributed by atoms with E-state index >= 15 is 0 Å². The third kappa shape index (κ3) is 3.89. The number of amides is 1. The van der Waals surface area contributed by atoms with Crippen molar-refractivity contribution in [2.45, 2.75) is 32.6 Å². The molecule has 1 saturated heterocycles. The van der Waals surface area contributed by atoms with Gasteiger partial charge in [-0.15, -0.1) is 0 Å². The standard InChI is InChI=1S/C16H20FNO2/c1-12-6-7-16(20)18(9-8-12)11-14(19)10-13-4-2-3-5-15(13)17/h2-5,12H,6-11H2,1H3. The average Bonchev–Trinajstić information content (AvgIpc) is 2.57. The van der Waals surface area contributed by atoms with E-state index in [9.17, 15) is 14.0 Å². The highest BCUT2D eigenvalue weighted by molar-refractivity contribution is 5.87. The van der Waals surface area contributed by atoms with E-state index in [0.29, 0.717) is 24.4 Å². The minimum atomic E-state index is -0.364. The second-order valence-electron chi connectivity index (χ2n) is 5.55. The first-order chi connectivity index (χ1) is 9.56. The molecule has 108 valence electrons. The van der Waals surface area contributed by atoms with E-state index < -0.39 is 0 Å². The molecule has 0 aliphatic carbocycles. The molecular weight excluding hydrogens is 257 g/mol. The normalized spacial score (nSPS) is 19.8. The lowest BCUT2D eigenvalue weighted by molar-refractivity contribution is -0.134. The molecule has 0 spiro atoms. The van der Waals surface area contributed by atoms with Gasteiger partial charge in [-0.3, -0.25) is 9.59 Å². The van der Waals surface area contributed by atoms with Gasteiger partial charge in [-0.05, 0) is 30.4 Å². The van der Waals surface area contributed by atoms with Crippen LogP contribution in [0.25, 0.3) is 0 Å². The van der Waals surface area contributed by atoms with Gasteiger partial charge < -0.3 is 4.90 Å². The molecule has 0 radical (unpaired) electrons. The van der Waals surface area contributed by atoms with Crippen molar-refractivity contribution in [2.75, 3.05) is 13.1 Å². The maximum Gasteiger partial charge on any atom is 0.222 e. The summed E-state index contributed by atoms with van der Waals surface area (Å²) in [6.07, 6.45) is 2.37. The first kappa shape index (κ1) is 14.7. The zero-order valence-corrected chi connectivity index (χ0v) is 11.8. The second-order valence-corrected chi connectivity index (χ2v) is 5.55. The molecule has 1 aromatic rings. The number of hydrogen-bond acceptors (Lipinski definition) is 2. The summed E-state index contributed by atoms with van der Waals surface area (Å²) in [6, 6.07) is 6.27. The molecule has 1 aliphatic rings. The zero-order chi connectivity index (χ0) is 14.5. The van der Waals surface area contributed by atoms with Gasteiger partial charge in [0, 0.05) is 19.4 Å². The quantitative estimate of drug-likeness (QED) is 0.848. The van der Waals surface area contributed by atoms with Gasteiger partial charge in [0.1, 0.15) is 5.82 Å². The van der Waals surface area contributed by atoms with Crippen LogP contribution in [0.15, 0.2) is 24.3 Å². The second kappa shape index (κ2) is 6.64. The summed E-state index contributed by atoms with van der Waals surface area (Å²) in [5.41, 5.74) is 0.396. The van der Waals surface area contributed by atoms with Crippen molar-refractivity contribution in [3.05, 3.63) is 35.6 Å². The van der Waals surface area contributed by atoms with E-state index in [-0.39, 0.29) is 30.5 Å². The van der Waals surface area contributed by atoms with Crippen LogP contribution in [-0.4, -0.2) is 29.7 Å². The summed E-state index contributed by atoms with van der Waals surface area (Å²) in [6.45, 7) is 2.85. The van der Waals surface area contributed by atoms with Crippen molar-refractivity contribution in [3.8, 4) is 0 Å². The Hall–Kier alpha value is -1.71. The number of likely N-dealkylation sites (tertiary alicyclic amines) is 1. The van der Waals surface area contributed by atoms with Crippen LogP contribution in [0.2, 0.25) is 0 Å². The smallest absolute Gasteiger partial charge is 0.222 e. The van der Waals surface area contributed by atoms with Gasteiger partial charge in [-0.1, -0.05) is 25.1 Å². The van der Waals surface area contributed by atoms with Gasteiger partial charge in [-0.25, -0.2) is 4.39 Å². The van der Waals surface area contributed by atoms with Crippen LogP contribution in [-0.2, 0) is 16.0 Å². The molecule has 1 heterocycles. The summed E-state index contributed by atoms with van der Waals surface area (Å²) < 4.78 is 13.5. The number of carbonyl (C=O) groups excluding carboxylic acids is 2. The van der Waals surface area contributed by atoms with Crippen LogP contribution >= 0.6 is 0 Å². The summed E-state index contributed by atoms with van der Waals surface area (Å²) in [5, 5.41) is 0. The Morgan fingerprint density at radius 3 is 2.85 bits per heavy atom. The maximum atomic E-state index is 13.5. The predicted molar refractivity (Wildman–Crippen MR) is 74.7 cm³/mol. The van der Waals surface area contributed by atoms with Crippen LogP contribution in [0.1, 0.15) is 31.7 Å². The third-order valence-corrected chi connectivity index (χ3v) is 3.81. The largest absolute Gasteiger partial charge is 0.335 e. The summed E-state index contributed by atoms with van der Waals surface area (Å²) in [5.74, 6) is 0.0801. The number of rotatable bonds is 4. The Bertz CT molecular complexity index is 501. The predicted octanol–water partition coefficient (Wildman–Crippen LogP) is 2.59. The van der Waals surface area contributed by atoms with Crippen molar-refractivity contribution < 1.29 is 14.0 Å². The molecule has 2 rings (SSSR count). The van der Waals surface area contributed by atoms with Crippen LogP contribution in [0.3, 0.4) is 0 Å². The van der Waals surface area contributed by atoms with E-state index in [2.05, 4.69) is 6.92 Å². The van der Waals surface area contributed by atoms with Crippen molar-refractivity contribution in [3.63, 3.8) is 0 Å². The van der Waals surface area contributed by atoms with Crippen LogP contribution in [0, 0.1) is 11.7 Å². The molecule has 1 atom stereocenters. The molecule has 0 bridgehead atoms. The Labute approximate surface area is 118 Å². The number of ketones is 1. The summed E-state index contributed by atoms with van der Waals surface area (Å²) in [4.78, 5) is 25.5. The van der Waals surface area contributed by atoms with Gasteiger partial charge in [0.15, 0.2) is 5.78 Å². The van der Waals surface area contributed by atoms with Gasteiger partial charge in [0.25, 0.3) is 0 Å². The van der Waals surface area contributed by atoms with Gasteiger partial charge in [0.2, 0.25) is 5.91 Å². The molecule has 0 aromatic heterocycles. The molecule has 1 fully saturated rings. The van der Waals surface area contributed by atoms with E-state index in [1.807, 2.05) is 0 Å². The van der Waals surface area contributed by atoms with E-state index in [0.717, 1.165) is 12.8 Å². The Morgan fingerprint density at radius 2 is 2.10 bits per heavy atom. The molecule has 1 aromatic carbocycles. The average molecular weight is 277 g/mol. The fraction of sp³-hybridized carbons (Fsp3) is 0.500. The number of hydrogen-bond donors (Lipinski definition) is 0. The van der Waals surface area contributed by atoms with Crippen molar-refractivity contribution >= 4 is 11.7 Å². The van der Waals surface area contributed by atoms with Gasteiger partial charge in [0.05, 0.1) is 6.54 Å². The SMILES string of the molecule is CC1CCC(=O)N(CC(=O)Cc2ccccc2F)CC1. The molecule has 0 N–H and O–H groups in total. The number of nitrogens with zero attached hydrogens (tertiary/aromatic N) is 1. The maximum absolute atomic E-state index is 13.5. The summed E-state index contributed by atoms with van der Waals surface area (Å²) in [7, 11) is 0. The molecule has 1 unspecified atom stereocenters. The van der Waals surface area contributed by atoms with Crippen molar-refractivity contribution in [1.29, 1.82) is 0 Å². The van der Waals surface area contributed by atoms with E-state index in [4.69, 9.17) is 0 Å². The van der Waals surface area contributed by atoms with Crippen LogP contribution in [0.4, 0.5) is 4.39 Å². The number of Topliss-reactive ketones (excluding diaryl/α,β-unsaturated/α-hetero) is 1. The first-order valence-electron chi connectivity index (χ1n) is 7.09. The highest BCUT2D eigenvalue weighted by atomic mass is 19.1. The lowest BCUT2D eigenvalue weighted by Crippen LogP contribution is -2.35. The number of halogens is 1. The Morgan fingerprint density at radius 1 is 1.35 bits per heavy atom. The molecule has 3 nitrogen and oxygen atoms in total. The lowest BCUT2D eigenvalue weighted by Gasteiger charge is -2.19. The van der Waals surface area contributed by atoms with Crippen LogP contribution in [0.5, 0.6) is 0 Å². The fourth-order valence-electron chi connectivity index (χ4n) is 2.46. The first-order valence-corrected chi connectivity index (χ1v) is 7.09. The minimum Gasteiger partial charge on any atom is -0.335 e. The lowest BCUT2D eigenvalue weighted by atomic mass is 10.0. The van der Waals surface area contributed by atoms with Crippen molar-refractivity contribution in [2.24, 2.45) is 5.92 Å². The highest BCUT2D eigenvalue weighted by Gasteiger charge is 2.22. The Balaban J connectivity index is 1.94. The van der Waals surface area contributed by atoms with E-state index in [1.165, 1.54) is 6.07 Å². The van der Waals surface area contributed by atoms with Gasteiger partial charge in [-0.2, -0.15) is 0 Å². The molecule has 1 amide bonds. The molecule has 0 saturated carbocycles. The summed E-state index contributed by atoms with van der Waals surface area (Å²) >= 11 is 0. The topological polar surface area (TPSA) is 37.4 Å². The molecule has 20 heavy (non-hydrogen) atoms. The van der Waals surface area contributed by atoms with Gasteiger partial charge >= 0.3 is 0 Å². The fourth-order valence-corrected chi connectivity index (χ4v) is 2.46. The Kier molecular flexibility index (Phi) is 4.88. The zero-order valence-electron chi connectivity index (χ0n) is 11.8. The molecule has 4 heteroatoms. The molecular formula is C16H20FNO2. The number of benzene rings is 1. The highest BCUT2D eigenvalue weighted by Crippen LogP contribution is 2.17. The molecule has 1 aliphatic heterocycles. The minimum absolute atomic E-state index is 0.0382.